The molecule has 0 saturated heterocycles. The second-order valence-electron chi connectivity index (χ2n) is 5.07. The Morgan fingerprint density at radius 2 is 1.65 bits per heavy atom. The molecule has 0 atom stereocenters. The summed E-state index contributed by atoms with van der Waals surface area (Å²) < 4.78 is 46.0. The van der Waals surface area contributed by atoms with Gasteiger partial charge in [0, 0.05) is 0 Å². The fourth-order valence-corrected chi connectivity index (χ4v) is 2.34. The first-order chi connectivity index (χ1) is 9.38. The summed E-state index contributed by atoms with van der Waals surface area (Å²) in [5.74, 6) is -0.400. The lowest BCUT2D eigenvalue weighted by molar-refractivity contribution is -0.275. The highest BCUT2D eigenvalue weighted by Gasteiger charge is 2.33. The zero-order valence-electron chi connectivity index (χ0n) is 10.9. The van der Waals surface area contributed by atoms with Gasteiger partial charge in [0.1, 0.15) is 6.61 Å². The highest BCUT2D eigenvalue weighted by atomic mass is 19.4. The van der Waals surface area contributed by atoms with Crippen molar-refractivity contribution < 1.29 is 27.8 Å². The maximum atomic E-state index is 12.3. The molecule has 20 heavy (non-hydrogen) atoms. The second-order valence-corrected chi connectivity index (χ2v) is 5.07. The van der Waals surface area contributed by atoms with Crippen molar-refractivity contribution >= 4 is 0 Å². The van der Waals surface area contributed by atoms with Crippen molar-refractivity contribution in [1.82, 2.24) is 0 Å². The van der Waals surface area contributed by atoms with Crippen molar-refractivity contribution in [3.05, 3.63) is 24.3 Å². The standard InChI is InChI=1S/C14H17F3O3/c15-14(16,17)20-12-7-3-2-6-11(12)19-10-13(18)8-4-1-5-9-13/h2-3,6-7,18H,1,4-5,8-10H2. The number of benzene rings is 1. The molecule has 0 aromatic heterocycles. The van der Waals surface area contributed by atoms with Crippen LogP contribution in [-0.4, -0.2) is 23.7 Å². The van der Waals surface area contributed by atoms with E-state index in [4.69, 9.17) is 4.74 Å². The predicted molar refractivity (Wildman–Crippen MR) is 66.7 cm³/mol. The fraction of sp³-hybridized carbons (Fsp3) is 0.571. The van der Waals surface area contributed by atoms with E-state index >= 15 is 0 Å². The van der Waals surface area contributed by atoms with Crippen LogP contribution in [0.25, 0.3) is 0 Å². The average Bonchev–Trinajstić information content (AvgIpc) is 2.37. The summed E-state index contributed by atoms with van der Waals surface area (Å²) in [6, 6.07) is 5.58. The van der Waals surface area contributed by atoms with E-state index in [0.717, 1.165) is 19.3 Å². The molecule has 0 bridgehead atoms. The van der Waals surface area contributed by atoms with Crippen LogP contribution in [0.15, 0.2) is 24.3 Å². The summed E-state index contributed by atoms with van der Waals surface area (Å²) in [5.41, 5.74) is -0.955. The van der Waals surface area contributed by atoms with Crippen LogP contribution in [0.1, 0.15) is 32.1 Å². The van der Waals surface area contributed by atoms with Gasteiger partial charge < -0.3 is 14.6 Å². The van der Waals surface area contributed by atoms with Gasteiger partial charge in [-0.25, -0.2) is 0 Å². The summed E-state index contributed by atoms with van der Waals surface area (Å²) >= 11 is 0. The van der Waals surface area contributed by atoms with Crippen LogP contribution in [0.5, 0.6) is 11.5 Å². The van der Waals surface area contributed by atoms with E-state index in [1.807, 2.05) is 0 Å². The van der Waals surface area contributed by atoms with Gasteiger partial charge in [0.15, 0.2) is 11.5 Å². The van der Waals surface area contributed by atoms with Crippen LogP contribution in [-0.2, 0) is 0 Å². The number of rotatable bonds is 4. The first-order valence-corrected chi connectivity index (χ1v) is 6.58. The normalized spacial score (nSPS) is 18.6. The Labute approximate surface area is 115 Å². The van der Waals surface area contributed by atoms with Crippen LogP contribution in [0.3, 0.4) is 0 Å². The number of aliphatic hydroxyl groups is 1. The Morgan fingerprint density at radius 3 is 2.25 bits per heavy atom. The van der Waals surface area contributed by atoms with E-state index in [2.05, 4.69) is 4.74 Å². The quantitative estimate of drug-likeness (QED) is 0.919. The largest absolute Gasteiger partial charge is 0.573 e. The van der Waals surface area contributed by atoms with Crippen molar-refractivity contribution in [1.29, 1.82) is 0 Å². The molecule has 1 N–H and O–H groups in total. The number of ether oxygens (including phenoxy) is 2. The number of alkyl halides is 3. The summed E-state index contributed by atoms with van der Waals surface area (Å²) in [7, 11) is 0. The summed E-state index contributed by atoms with van der Waals surface area (Å²) in [6.07, 6.45) is -0.678. The minimum Gasteiger partial charge on any atom is -0.487 e. The van der Waals surface area contributed by atoms with E-state index in [-0.39, 0.29) is 18.1 Å². The summed E-state index contributed by atoms with van der Waals surface area (Å²) in [6.45, 7) is -0.0226. The molecule has 0 spiro atoms. The van der Waals surface area contributed by atoms with Crippen molar-refractivity contribution in [2.75, 3.05) is 6.61 Å². The fourth-order valence-electron chi connectivity index (χ4n) is 2.34. The summed E-state index contributed by atoms with van der Waals surface area (Å²) in [4.78, 5) is 0. The first-order valence-electron chi connectivity index (χ1n) is 6.58. The van der Waals surface area contributed by atoms with Gasteiger partial charge in [-0.3, -0.25) is 0 Å². The molecule has 0 aliphatic heterocycles. The molecule has 1 aliphatic rings. The van der Waals surface area contributed by atoms with Crippen LogP contribution >= 0.6 is 0 Å². The monoisotopic (exact) mass is 290 g/mol. The number of halogens is 3. The third-order valence-corrected chi connectivity index (χ3v) is 3.36. The zero-order chi connectivity index (χ0) is 14.6. The predicted octanol–water partition coefficient (Wildman–Crippen LogP) is 3.66. The lowest BCUT2D eigenvalue weighted by Crippen LogP contribution is -2.38. The van der Waals surface area contributed by atoms with Crippen LogP contribution < -0.4 is 9.47 Å². The lowest BCUT2D eigenvalue weighted by atomic mass is 9.85. The molecule has 1 aliphatic carbocycles. The highest BCUT2D eigenvalue weighted by molar-refractivity contribution is 5.39. The van der Waals surface area contributed by atoms with Crippen molar-refractivity contribution in [2.45, 2.75) is 44.1 Å². The Morgan fingerprint density at radius 1 is 1.05 bits per heavy atom. The van der Waals surface area contributed by atoms with E-state index in [1.165, 1.54) is 18.2 Å². The molecule has 1 fully saturated rings. The molecule has 0 heterocycles. The van der Waals surface area contributed by atoms with Gasteiger partial charge in [0.05, 0.1) is 5.60 Å². The molecule has 6 heteroatoms. The van der Waals surface area contributed by atoms with Gasteiger partial charge in [-0.05, 0) is 25.0 Å². The SMILES string of the molecule is OC1(COc2ccccc2OC(F)(F)F)CCCCC1. The molecule has 0 radical (unpaired) electrons. The molecule has 2 rings (SSSR count). The van der Waals surface area contributed by atoms with E-state index in [9.17, 15) is 18.3 Å². The van der Waals surface area contributed by atoms with E-state index < -0.39 is 12.0 Å². The Hall–Kier alpha value is -1.43. The molecule has 0 amide bonds. The van der Waals surface area contributed by atoms with Crippen molar-refractivity contribution in [3.63, 3.8) is 0 Å². The maximum absolute atomic E-state index is 12.3. The molecule has 1 aromatic carbocycles. The van der Waals surface area contributed by atoms with Gasteiger partial charge >= 0.3 is 6.36 Å². The Kier molecular flexibility index (Phi) is 4.42. The van der Waals surface area contributed by atoms with Crippen LogP contribution in [0, 0.1) is 0 Å². The highest BCUT2D eigenvalue weighted by Crippen LogP contribution is 2.34. The average molecular weight is 290 g/mol. The van der Waals surface area contributed by atoms with E-state index in [1.54, 1.807) is 6.07 Å². The van der Waals surface area contributed by atoms with Gasteiger partial charge in [0.2, 0.25) is 0 Å². The first kappa shape index (κ1) is 15.0. The molecular weight excluding hydrogens is 273 g/mol. The van der Waals surface area contributed by atoms with Gasteiger partial charge in [-0.15, -0.1) is 13.2 Å². The molecular formula is C14H17F3O3. The topological polar surface area (TPSA) is 38.7 Å². The van der Waals surface area contributed by atoms with Crippen LogP contribution in [0.4, 0.5) is 13.2 Å². The number of para-hydroxylation sites is 2. The summed E-state index contributed by atoms with van der Waals surface area (Å²) in [5, 5.41) is 10.3. The maximum Gasteiger partial charge on any atom is 0.573 e. The lowest BCUT2D eigenvalue weighted by Gasteiger charge is -2.31. The zero-order valence-corrected chi connectivity index (χ0v) is 10.9. The minimum atomic E-state index is -4.76. The number of hydrogen-bond acceptors (Lipinski definition) is 3. The van der Waals surface area contributed by atoms with Crippen molar-refractivity contribution in [3.8, 4) is 11.5 Å². The Bertz CT molecular complexity index is 440. The second kappa shape index (κ2) is 5.91. The van der Waals surface area contributed by atoms with Gasteiger partial charge in [-0.2, -0.15) is 0 Å². The number of hydrogen-bond donors (Lipinski definition) is 1. The molecule has 3 nitrogen and oxygen atoms in total. The third kappa shape index (κ3) is 4.30. The van der Waals surface area contributed by atoms with Crippen LogP contribution in [0.2, 0.25) is 0 Å². The third-order valence-electron chi connectivity index (χ3n) is 3.36. The molecule has 1 saturated carbocycles. The van der Waals surface area contributed by atoms with E-state index in [0.29, 0.717) is 12.8 Å². The van der Waals surface area contributed by atoms with Gasteiger partial charge in [0.25, 0.3) is 0 Å². The minimum absolute atomic E-state index is 0.0103. The smallest absolute Gasteiger partial charge is 0.487 e. The molecule has 112 valence electrons. The molecule has 0 unspecified atom stereocenters. The van der Waals surface area contributed by atoms with Gasteiger partial charge in [-0.1, -0.05) is 31.4 Å². The van der Waals surface area contributed by atoms with Crippen molar-refractivity contribution in [2.24, 2.45) is 0 Å². The Balaban J connectivity index is 2.02. The molecule has 1 aromatic rings.